The molecule has 1 amide bonds. The summed E-state index contributed by atoms with van der Waals surface area (Å²) >= 11 is 0. The van der Waals surface area contributed by atoms with E-state index in [9.17, 15) is 4.79 Å². The molecule has 0 spiro atoms. The van der Waals surface area contributed by atoms with Crippen molar-refractivity contribution in [3.63, 3.8) is 0 Å². The Balaban J connectivity index is 1.59. The number of carbonyl (C=O) groups is 1. The van der Waals surface area contributed by atoms with E-state index in [1.54, 1.807) is 20.3 Å². The molecule has 2 aliphatic rings. The van der Waals surface area contributed by atoms with Crippen LogP contribution in [0, 0.1) is 5.92 Å². The van der Waals surface area contributed by atoms with Crippen molar-refractivity contribution in [3.8, 4) is 11.5 Å². The molecule has 1 aromatic carbocycles. The largest absolute Gasteiger partial charge is 0.497 e. The van der Waals surface area contributed by atoms with Crippen LogP contribution in [0.3, 0.4) is 0 Å². The summed E-state index contributed by atoms with van der Waals surface area (Å²) in [5.41, 5.74) is 0.720. The van der Waals surface area contributed by atoms with Gasteiger partial charge in [-0.15, -0.1) is 0 Å². The maximum atomic E-state index is 12.3. The van der Waals surface area contributed by atoms with Crippen molar-refractivity contribution >= 4 is 11.6 Å². The number of anilines is 1. The predicted molar refractivity (Wildman–Crippen MR) is 85.5 cm³/mol. The third-order valence-corrected chi connectivity index (χ3v) is 4.68. The van der Waals surface area contributed by atoms with Crippen molar-refractivity contribution in [2.75, 3.05) is 19.5 Å². The monoisotopic (exact) mass is 304 g/mol. The van der Waals surface area contributed by atoms with Crippen LogP contribution in [0.1, 0.15) is 32.1 Å². The lowest BCUT2D eigenvalue weighted by atomic mass is 9.89. The van der Waals surface area contributed by atoms with E-state index in [-0.39, 0.29) is 5.91 Å². The van der Waals surface area contributed by atoms with E-state index >= 15 is 0 Å². The van der Waals surface area contributed by atoms with E-state index in [1.807, 2.05) is 12.1 Å². The van der Waals surface area contributed by atoms with Gasteiger partial charge in [0.25, 0.3) is 0 Å². The van der Waals surface area contributed by atoms with Gasteiger partial charge in [-0.2, -0.15) is 0 Å². The van der Waals surface area contributed by atoms with Gasteiger partial charge in [-0.3, -0.25) is 4.79 Å². The van der Waals surface area contributed by atoms with Gasteiger partial charge in [0, 0.05) is 42.4 Å². The highest BCUT2D eigenvalue weighted by atomic mass is 16.5. The molecule has 0 aromatic heterocycles. The first-order valence-corrected chi connectivity index (χ1v) is 7.95. The summed E-state index contributed by atoms with van der Waals surface area (Å²) < 4.78 is 10.5. The first-order chi connectivity index (χ1) is 10.7. The fourth-order valence-corrected chi connectivity index (χ4v) is 3.70. The average molecular weight is 304 g/mol. The van der Waals surface area contributed by atoms with Crippen LogP contribution in [-0.4, -0.2) is 32.2 Å². The Labute approximate surface area is 131 Å². The van der Waals surface area contributed by atoms with Crippen molar-refractivity contribution in [2.24, 2.45) is 5.92 Å². The van der Waals surface area contributed by atoms with Crippen LogP contribution < -0.4 is 20.1 Å². The van der Waals surface area contributed by atoms with Crippen LogP contribution in [0.25, 0.3) is 0 Å². The van der Waals surface area contributed by atoms with Crippen molar-refractivity contribution in [1.29, 1.82) is 0 Å². The summed E-state index contributed by atoms with van der Waals surface area (Å²) in [7, 11) is 3.20. The number of amides is 1. The first kappa shape index (κ1) is 15.2. The Kier molecular flexibility index (Phi) is 4.52. The fraction of sp³-hybridized carbons (Fsp3) is 0.588. The lowest BCUT2D eigenvalue weighted by Crippen LogP contribution is -2.39. The van der Waals surface area contributed by atoms with Crippen molar-refractivity contribution in [2.45, 2.75) is 44.2 Å². The molecule has 0 radical (unpaired) electrons. The summed E-state index contributed by atoms with van der Waals surface area (Å²) in [6, 6.07) is 6.65. The van der Waals surface area contributed by atoms with Crippen LogP contribution in [0.4, 0.5) is 5.69 Å². The third kappa shape index (κ3) is 3.53. The van der Waals surface area contributed by atoms with Gasteiger partial charge >= 0.3 is 0 Å². The molecule has 5 heteroatoms. The Hall–Kier alpha value is -1.75. The molecule has 2 fully saturated rings. The van der Waals surface area contributed by atoms with Gasteiger partial charge in [-0.25, -0.2) is 0 Å². The molecule has 2 N–H and O–H groups in total. The van der Waals surface area contributed by atoms with E-state index < -0.39 is 0 Å². The summed E-state index contributed by atoms with van der Waals surface area (Å²) in [4.78, 5) is 12.3. The normalized spacial score (nSPS) is 26.5. The van der Waals surface area contributed by atoms with Gasteiger partial charge < -0.3 is 20.1 Å². The van der Waals surface area contributed by atoms with Gasteiger partial charge in [0.2, 0.25) is 5.91 Å². The average Bonchev–Trinajstić information content (AvgIpc) is 2.85. The number of nitrogens with one attached hydrogen (secondary N) is 2. The number of piperidine rings is 1. The minimum Gasteiger partial charge on any atom is -0.497 e. The lowest BCUT2D eigenvalue weighted by molar-refractivity contribution is -0.117. The molecule has 2 heterocycles. The zero-order valence-corrected chi connectivity index (χ0v) is 13.2. The number of ether oxygens (including phenoxy) is 2. The maximum absolute atomic E-state index is 12.3. The van der Waals surface area contributed by atoms with Crippen LogP contribution in [0.15, 0.2) is 18.2 Å². The molecular weight excluding hydrogens is 280 g/mol. The molecule has 0 aliphatic carbocycles. The van der Waals surface area contributed by atoms with Crippen LogP contribution >= 0.6 is 0 Å². The number of methoxy groups -OCH3 is 2. The zero-order valence-electron chi connectivity index (χ0n) is 13.2. The number of fused-ring (bicyclic) bond motifs is 2. The lowest BCUT2D eigenvalue weighted by Gasteiger charge is -2.28. The van der Waals surface area contributed by atoms with Crippen LogP contribution in [0.2, 0.25) is 0 Å². The van der Waals surface area contributed by atoms with E-state index in [4.69, 9.17) is 9.47 Å². The van der Waals surface area contributed by atoms with Gasteiger partial charge in [0.15, 0.2) is 0 Å². The second kappa shape index (κ2) is 6.57. The van der Waals surface area contributed by atoms with Gasteiger partial charge in [-0.05, 0) is 31.6 Å². The van der Waals surface area contributed by atoms with E-state index in [1.165, 1.54) is 12.8 Å². The third-order valence-electron chi connectivity index (χ3n) is 4.68. The Bertz CT molecular complexity index is 512. The molecule has 5 nitrogen and oxygen atoms in total. The van der Waals surface area contributed by atoms with E-state index in [0.29, 0.717) is 35.9 Å². The molecule has 2 saturated heterocycles. The van der Waals surface area contributed by atoms with Gasteiger partial charge in [0.1, 0.15) is 11.5 Å². The SMILES string of the molecule is COc1cc(NC(=O)CC2CC3CCC(C2)N3)cc(OC)c1. The van der Waals surface area contributed by atoms with E-state index in [2.05, 4.69) is 10.6 Å². The topological polar surface area (TPSA) is 59.6 Å². The minimum absolute atomic E-state index is 0.0709. The smallest absolute Gasteiger partial charge is 0.224 e. The molecule has 3 rings (SSSR count). The molecule has 0 saturated carbocycles. The van der Waals surface area contributed by atoms with Gasteiger partial charge in [0.05, 0.1) is 14.2 Å². The van der Waals surface area contributed by atoms with E-state index in [0.717, 1.165) is 18.5 Å². The Morgan fingerprint density at radius 2 is 1.73 bits per heavy atom. The zero-order chi connectivity index (χ0) is 15.5. The van der Waals surface area contributed by atoms with Crippen molar-refractivity contribution < 1.29 is 14.3 Å². The summed E-state index contributed by atoms with van der Waals surface area (Å²) in [6.07, 6.45) is 5.34. The Morgan fingerprint density at radius 3 is 2.27 bits per heavy atom. The van der Waals surface area contributed by atoms with Crippen LogP contribution in [0.5, 0.6) is 11.5 Å². The van der Waals surface area contributed by atoms with Gasteiger partial charge in [-0.1, -0.05) is 0 Å². The maximum Gasteiger partial charge on any atom is 0.224 e. The van der Waals surface area contributed by atoms with Crippen molar-refractivity contribution in [3.05, 3.63) is 18.2 Å². The highest BCUT2D eigenvalue weighted by Crippen LogP contribution is 2.33. The highest BCUT2D eigenvalue weighted by molar-refractivity contribution is 5.91. The second-order valence-electron chi connectivity index (χ2n) is 6.33. The molecule has 1 aromatic rings. The number of rotatable bonds is 5. The molecule has 2 aliphatic heterocycles. The second-order valence-corrected chi connectivity index (χ2v) is 6.33. The van der Waals surface area contributed by atoms with Crippen molar-refractivity contribution in [1.82, 2.24) is 5.32 Å². The summed E-state index contributed by atoms with van der Waals surface area (Å²) in [6.45, 7) is 0. The predicted octanol–water partition coefficient (Wildman–Crippen LogP) is 2.56. The minimum atomic E-state index is 0.0709. The molecule has 22 heavy (non-hydrogen) atoms. The van der Waals surface area contributed by atoms with Crippen LogP contribution in [-0.2, 0) is 4.79 Å². The summed E-state index contributed by atoms with van der Waals surface area (Å²) in [5.74, 6) is 1.91. The molecular formula is C17H24N2O3. The first-order valence-electron chi connectivity index (χ1n) is 7.95. The standard InChI is InChI=1S/C17H24N2O3/c1-21-15-8-14(9-16(10-15)22-2)19-17(20)7-11-5-12-3-4-13(6-11)18-12/h8-13,18H,3-7H2,1-2H3,(H,19,20). The number of hydrogen-bond acceptors (Lipinski definition) is 4. The molecule has 2 unspecified atom stereocenters. The molecule has 2 bridgehead atoms. The quantitative estimate of drug-likeness (QED) is 0.878. The Morgan fingerprint density at radius 1 is 1.14 bits per heavy atom. The highest BCUT2D eigenvalue weighted by Gasteiger charge is 2.34. The number of carbonyl (C=O) groups excluding carboxylic acids is 1. The number of hydrogen-bond donors (Lipinski definition) is 2. The molecule has 2 atom stereocenters. The molecule has 120 valence electrons. The summed E-state index contributed by atoms with van der Waals surface area (Å²) in [5, 5.41) is 6.58. The fourth-order valence-electron chi connectivity index (χ4n) is 3.70. The number of benzene rings is 1.